The standard InChI is InChI=1S/C14H11N3OS/c1-18-11-4-2-10(3-5-11)14-17-13(9-19-14)12-8-15-6-7-16-12/h2-9H,1H3. The van der Waals surface area contributed by atoms with E-state index < -0.39 is 0 Å². The second kappa shape index (κ2) is 5.16. The first kappa shape index (κ1) is 11.8. The Balaban J connectivity index is 1.92. The lowest BCUT2D eigenvalue weighted by atomic mass is 10.2. The molecule has 4 nitrogen and oxygen atoms in total. The fourth-order valence-electron chi connectivity index (χ4n) is 1.69. The van der Waals surface area contributed by atoms with Crippen molar-refractivity contribution >= 4 is 11.3 Å². The quantitative estimate of drug-likeness (QED) is 0.732. The van der Waals surface area contributed by atoms with Crippen molar-refractivity contribution in [3.05, 3.63) is 48.2 Å². The number of methoxy groups -OCH3 is 1. The number of hydrogen-bond donors (Lipinski definition) is 0. The Morgan fingerprint density at radius 3 is 2.58 bits per heavy atom. The zero-order valence-corrected chi connectivity index (χ0v) is 11.1. The van der Waals surface area contributed by atoms with Crippen LogP contribution in [0.15, 0.2) is 48.2 Å². The third kappa shape index (κ3) is 2.46. The monoisotopic (exact) mass is 269 g/mol. The number of rotatable bonds is 3. The van der Waals surface area contributed by atoms with E-state index in [0.717, 1.165) is 27.7 Å². The van der Waals surface area contributed by atoms with Crippen LogP contribution in [0.3, 0.4) is 0 Å². The average molecular weight is 269 g/mol. The van der Waals surface area contributed by atoms with Crippen LogP contribution in [-0.2, 0) is 0 Å². The highest BCUT2D eigenvalue weighted by Crippen LogP contribution is 2.28. The fourth-order valence-corrected chi connectivity index (χ4v) is 2.51. The molecule has 0 aliphatic rings. The summed E-state index contributed by atoms with van der Waals surface area (Å²) in [7, 11) is 1.66. The summed E-state index contributed by atoms with van der Waals surface area (Å²) in [6.45, 7) is 0. The zero-order valence-electron chi connectivity index (χ0n) is 10.3. The van der Waals surface area contributed by atoms with E-state index in [1.807, 2.05) is 29.6 Å². The summed E-state index contributed by atoms with van der Waals surface area (Å²) in [5, 5.41) is 2.95. The van der Waals surface area contributed by atoms with Crippen LogP contribution in [0.4, 0.5) is 0 Å². The SMILES string of the molecule is COc1ccc(-c2nc(-c3cnccn3)cs2)cc1. The summed E-state index contributed by atoms with van der Waals surface area (Å²) in [5.74, 6) is 0.842. The molecule has 94 valence electrons. The molecule has 0 bridgehead atoms. The van der Waals surface area contributed by atoms with Gasteiger partial charge >= 0.3 is 0 Å². The van der Waals surface area contributed by atoms with Crippen molar-refractivity contribution in [1.82, 2.24) is 15.0 Å². The van der Waals surface area contributed by atoms with Crippen LogP contribution in [-0.4, -0.2) is 22.1 Å². The van der Waals surface area contributed by atoms with Crippen molar-refractivity contribution in [3.8, 4) is 27.7 Å². The highest BCUT2D eigenvalue weighted by molar-refractivity contribution is 7.13. The van der Waals surface area contributed by atoms with Gasteiger partial charge in [-0.15, -0.1) is 11.3 Å². The second-order valence-corrected chi connectivity index (χ2v) is 4.72. The van der Waals surface area contributed by atoms with E-state index >= 15 is 0 Å². The molecule has 19 heavy (non-hydrogen) atoms. The third-order valence-electron chi connectivity index (χ3n) is 2.67. The maximum Gasteiger partial charge on any atom is 0.124 e. The number of thiazole rings is 1. The Kier molecular flexibility index (Phi) is 3.20. The Morgan fingerprint density at radius 2 is 1.89 bits per heavy atom. The van der Waals surface area contributed by atoms with Gasteiger partial charge in [-0.25, -0.2) is 4.98 Å². The summed E-state index contributed by atoms with van der Waals surface area (Å²) in [5.41, 5.74) is 2.71. The Hall–Kier alpha value is -2.27. The van der Waals surface area contributed by atoms with Gasteiger partial charge in [0.2, 0.25) is 0 Å². The van der Waals surface area contributed by atoms with Gasteiger partial charge in [-0.1, -0.05) is 0 Å². The molecule has 0 atom stereocenters. The third-order valence-corrected chi connectivity index (χ3v) is 3.56. The molecule has 2 aromatic heterocycles. The van der Waals surface area contributed by atoms with Crippen molar-refractivity contribution in [3.63, 3.8) is 0 Å². The first-order chi connectivity index (χ1) is 9.36. The van der Waals surface area contributed by atoms with Crippen LogP contribution in [0, 0.1) is 0 Å². The second-order valence-electron chi connectivity index (χ2n) is 3.86. The Morgan fingerprint density at radius 1 is 1.05 bits per heavy atom. The van der Waals surface area contributed by atoms with E-state index in [0.29, 0.717) is 0 Å². The molecule has 0 aliphatic heterocycles. The fraction of sp³-hybridized carbons (Fsp3) is 0.0714. The molecular weight excluding hydrogens is 258 g/mol. The number of benzene rings is 1. The average Bonchev–Trinajstić information content (AvgIpc) is 2.98. The van der Waals surface area contributed by atoms with Crippen LogP contribution >= 0.6 is 11.3 Å². The molecule has 0 saturated heterocycles. The number of nitrogens with zero attached hydrogens (tertiary/aromatic N) is 3. The van der Waals surface area contributed by atoms with E-state index in [2.05, 4.69) is 15.0 Å². The topological polar surface area (TPSA) is 47.9 Å². The molecule has 5 heteroatoms. The summed E-state index contributed by atoms with van der Waals surface area (Å²) >= 11 is 1.59. The maximum atomic E-state index is 5.14. The molecule has 0 fully saturated rings. The molecule has 0 aliphatic carbocycles. The molecule has 0 spiro atoms. The van der Waals surface area contributed by atoms with Gasteiger partial charge in [0, 0.05) is 23.3 Å². The van der Waals surface area contributed by atoms with Crippen LogP contribution in [0.5, 0.6) is 5.75 Å². The first-order valence-corrected chi connectivity index (χ1v) is 6.61. The number of hydrogen-bond acceptors (Lipinski definition) is 5. The minimum atomic E-state index is 0.790. The van der Waals surface area contributed by atoms with E-state index in [-0.39, 0.29) is 0 Å². The molecule has 0 amide bonds. The molecule has 0 radical (unpaired) electrons. The Bertz CT molecular complexity index is 665. The molecule has 1 aromatic carbocycles. The van der Waals surface area contributed by atoms with Crippen LogP contribution in [0.2, 0.25) is 0 Å². The smallest absolute Gasteiger partial charge is 0.124 e. The molecule has 3 rings (SSSR count). The molecular formula is C14H11N3OS. The van der Waals surface area contributed by atoms with Crippen molar-refractivity contribution < 1.29 is 4.74 Å². The minimum absolute atomic E-state index is 0.790. The lowest BCUT2D eigenvalue weighted by molar-refractivity contribution is 0.415. The summed E-state index contributed by atoms with van der Waals surface area (Å²) in [6, 6.07) is 7.85. The maximum absolute atomic E-state index is 5.14. The summed E-state index contributed by atoms with van der Waals surface area (Å²) in [4.78, 5) is 12.9. The Labute approximate surface area is 114 Å². The van der Waals surface area contributed by atoms with Gasteiger partial charge < -0.3 is 4.74 Å². The largest absolute Gasteiger partial charge is 0.497 e. The van der Waals surface area contributed by atoms with Crippen molar-refractivity contribution in [2.45, 2.75) is 0 Å². The van der Waals surface area contributed by atoms with Gasteiger partial charge in [0.15, 0.2) is 0 Å². The highest BCUT2D eigenvalue weighted by Gasteiger charge is 2.07. The van der Waals surface area contributed by atoms with Gasteiger partial charge in [-0.3, -0.25) is 9.97 Å². The first-order valence-electron chi connectivity index (χ1n) is 5.73. The number of aromatic nitrogens is 3. The van der Waals surface area contributed by atoms with E-state index in [9.17, 15) is 0 Å². The van der Waals surface area contributed by atoms with Gasteiger partial charge in [0.1, 0.15) is 22.1 Å². The van der Waals surface area contributed by atoms with E-state index in [4.69, 9.17) is 4.74 Å². The van der Waals surface area contributed by atoms with Gasteiger partial charge in [-0.2, -0.15) is 0 Å². The molecule has 2 heterocycles. The minimum Gasteiger partial charge on any atom is -0.497 e. The molecule has 3 aromatic rings. The van der Waals surface area contributed by atoms with E-state index in [1.54, 1.807) is 37.0 Å². The van der Waals surface area contributed by atoms with Crippen LogP contribution in [0.25, 0.3) is 22.0 Å². The van der Waals surface area contributed by atoms with E-state index in [1.165, 1.54) is 0 Å². The lowest BCUT2D eigenvalue weighted by Crippen LogP contribution is -1.85. The van der Waals surface area contributed by atoms with Gasteiger partial charge in [0.25, 0.3) is 0 Å². The van der Waals surface area contributed by atoms with Crippen LogP contribution in [0.1, 0.15) is 0 Å². The normalized spacial score (nSPS) is 10.4. The van der Waals surface area contributed by atoms with Gasteiger partial charge in [0.05, 0.1) is 13.3 Å². The predicted octanol–water partition coefficient (Wildman–Crippen LogP) is 3.28. The summed E-state index contributed by atoms with van der Waals surface area (Å²) < 4.78 is 5.14. The summed E-state index contributed by atoms with van der Waals surface area (Å²) in [6.07, 6.45) is 5.04. The van der Waals surface area contributed by atoms with Crippen molar-refractivity contribution in [2.75, 3.05) is 7.11 Å². The van der Waals surface area contributed by atoms with Crippen molar-refractivity contribution in [1.29, 1.82) is 0 Å². The van der Waals surface area contributed by atoms with Crippen molar-refractivity contribution in [2.24, 2.45) is 0 Å². The van der Waals surface area contributed by atoms with Crippen LogP contribution < -0.4 is 4.74 Å². The molecule has 0 unspecified atom stereocenters. The lowest BCUT2D eigenvalue weighted by Gasteiger charge is -2.00. The molecule has 0 saturated carbocycles. The highest BCUT2D eigenvalue weighted by atomic mass is 32.1. The van der Waals surface area contributed by atoms with Gasteiger partial charge in [-0.05, 0) is 24.3 Å². The zero-order chi connectivity index (χ0) is 13.1. The molecule has 0 N–H and O–H groups in total. The predicted molar refractivity (Wildman–Crippen MR) is 75.1 cm³/mol. The number of ether oxygens (including phenoxy) is 1.